The molecule has 0 aromatic rings. The maximum absolute atomic E-state index is 12.1. The molecule has 0 radical (unpaired) electrons. The van der Waals surface area contributed by atoms with Crippen molar-refractivity contribution in [2.45, 2.75) is 90.2 Å². The number of carboxylic acids is 2. The van der Waals surface area contributed by atoms with Crippen molar-refractivity contribution in [2.24, 2.45) is 33.7 Å². The van der Waals surface area contributed by atoms with Crippen LogP contribution >= 0.6 is 0 Å². The van der Waals surface area contributed by atoms with Crippen LogP contribution in [0.2, 0.25) is 0 Å². The van der Waals surface area contributed by atoms with Gasteiger partial charge in [0.2, 0.25) is 0 Å². The number of rotatable bonds is 8. The van der Waals surface area contributed by atoms with Gasteiger partial charge in [-0.2, -0.15) is 0 Å². The van der Waals surface area contributed by atoms with E-state index in [1.165, 1.54) is 5.57 Å². The number of allylic oxidation sites excluding steroid dienone is 2. The molecule has 0 unspecified atom stereocenters. The Balaban J connectivity index is 1.35. The lowest BCUT2D eigenvalue weighted by Gasteiger charge is -2.57. The van der Waals surface area contributed by atoms with Crippen LogP contribution in [0.15, 0.2) is 16.8 Å². The van der Waals surface area contributed by atoms with E-state index in [1.54, 1.807) is 0 Å². The Morgan fingerprint density at radius 3 is 2.60 bits per heavy atom. The number of hydrogen-bond donors (Lipinski definition) is 4. The molecular weight excluding hydrogens is 452 g/mol. The van der Waals surface area contributed by atoms with Crippen LogP contribution < -0.4 is 5.32 Å². The Morgan fingerprint density at radius 2 is 1.89 bits per heavy atom. The Kier molecular flexibility index (Phi) is 7.27. The van der Waals surface area contributed by atoms with Crippen LogP contribution in [0.4, 0.5) is 0 Å². The van der Waals surface area contributed by atoms with Crippen LogP contribution in [-0.2, 0) is 19.2 Å². The van der Waals surface area contributed by atoms with E-state index >= 15 is 0 Å². The SMILES string of the molecule is C[C@]12CC[C@@H]3[C@@H](CCC4=C/C(=N/OCC(=O)N[C@@H](CCC(=O)O)C(=O)O)CC[C@@]43C)[C@@H]1CC[C@@H]2O. The summed E-state index contributed by atoms with van der Waals surface area (Å²) in [6.07, 6.45) is 9.61. The highest BCUT2D eigenvalue weighted by molar-refractivity contribution is 5.96. The third-order valence-electron chi connectivity index (χ3n) is 9.58. The van der Waals surface area contributed by atoms with Gasteiger partial charge in [0.05, 0.1) is 11.8 Å². The number of carbonyl (C=O) groups excluding carboxylic acids is 1. The Morgan fingerprint density at radius 1 is 1.11 bits per heavy atom. The minimum absolute atomic E-state index is 0.0711. The number of nitrogens with zero attached hydrogens (tertiary/aromatic N) is 1. The number of oxime groups is 1. The summed E-state index contributed by atoms with van der Waals surface area (Å²) < 4.78 is 0. The van der Waals surface area contributed by atoms with Crippen LogP contribution in [-0.4, -0.2) is 57.6 Å². The third-order valence-corrected chi connectivity index (χ3v) is 9.58. The molecule has 0 heterocycles. The lowest BCUT2D eigenvalue weighted by Crippen LogP contribution is -2.51. The summed E-state index contributed by atoms with van der Waals surface area (Å²) in [6, 6.07) is -1.28. The lowest BCUT2D eigenvalue weighted by molar-refractivity contribution is -0.143. The fraction of sp³-hybridized carbons (Fsp3) is 0.769. The highest BCUT2D eigenvalue weighted by Crippen LogP contribution is 2.65. The van der Waals surface area contributed by atoms with Gasteiger partial charge in [0.15, 0.2) is 6.61 Å². The van der Waals surface area contributed by atoms with Crippen LogP contribution in [0.1, 0.15) is 78.1 Å². The van der Waals surface area contributed by atoms with E-state index in [0.717, 1.165) is 57.1 Å². The Labute approximate surface area is 206 Å². The predicted molar refractivity (Wildman–Crippen MR) is 128 cm³/mol. The number of fused-ring (bicyclic) bond motifs is 5. The monoisotopic (exact) mass is 490 g/mol. The van der Waals surface area contributed by atoms with E-state index in [4.69, 9.17) is 15.1 Å². The molecule has 194 valence electrons. The van der Waals surface area contributed by atoms with Gasteiger partial charge in [0, 0.05) is 6.42 Å². The summed E-state index contributed by atoms with van der Waals surface area (Å²) in [4.78, 5) is 39.2. The highest BCUT2D eigenvalue weighted by Gasteiger charge is 2.58. The van der Waals surface area contributed by atoms with Gasteiger partial charge in [-0.3, -0.25) is 9.59 Å². The van der Waals surface area contributed by atoms with Crippen LogP contribution in [0.3, 0.4) is 0 Å². The topological polar surface area (TPSA) is 146 Å². The molecule has 0 aromatic carbocycles. The number of amides is 1. The molecule has 0 aromatic heterocycles. The first-order valence-corrected chi connectivity index (χ1v) is 12.9. The van der Waals surface area contributed by atoms with Crippen molar-refractivity contribution in [3.05, 3.63) is 11.6 Å². The van der Waals surface area contributed by atoms with Crippen LogP contribution in [0.25, 0.3) is 0 Å². The number of hydrogen-bond acceptors (Lipinski definition) is 6. The molecule has 3 fully saturated rings. The molecule has 35 heavy (non-hydrogen) atoms. The summed E-state index contributed by atoms with van der Waals surface area (Å²) in [5.74, 6) is -1.16. The first-order chi connectivity index (χ1) is 16.5. The predicted octanol–water partition coefficient (Wildman–Crippen LogP) is 3.12. The van der Waals surface area contributed by atoms with Crippen molar-refractivity contribution in [3.8, 4) is 0 Å². The molecule has 0 aliphatic heterocycles. The van der Waals surface area contributed by atoms with Gasteiger partial charge in [-0.1, -0.05) is 24.6 Å². The molecule has 0 saturated heterocycles. The van der Waals surface area contributed by atoms with E-state index < -0.39 is 30.5 Å². The van der Waals surface area contributed by atoms with E-state index in [2.05, 4.69) is 30.4 Å². The first-order valence-electron chi connectivity index (χ1n) is 12.9. The molecule has 0 bridgehead atoms. The first kappa shape index (κ1) is 25.7. The van der Waals surface area contributed by atoms with E-state index in [0.29, 0.717) is 17.8 Å². The number of aliphatic hydroxyl groups is 1. The molecular formula is C26H38N2O7. The number of carboxylic acid groups (broad SMARTS) is 2. The standard InChI is InChI=1S/C26H38N2O7/c1-25-11-9-16(28-35-14-22(30)27-20(24(33)34)6-8-23(31)32)13-15(25)3-4-17-18-5-7-21(29)26(18,2)12-10-19(17)25/h13,17-21,29H,3-12,14H2,1-2H3,(H,27,30)(H,31,32)(H,33,34)/b28-16+/t17-,18-,19+,20-,21-,25-,26-/m0/s1. The number of nitrogens with one attached hydrogen (secondary N) is 1. The fourth-order valence-corrected chi connectivity index (χ4v) is 7.55. The van der Waals surface area contributed by atoms with Crippen molar-refractivity contribution in [1.82, 2.24) is 5.32 Å². The third kappa shape index (κ3) is 4.97. The average Bonchev–Trinajstić information content (AvgIpc) is 3.11. The van der Waals surface area contributed by atoms with Gasteiger partial charge in [0.1, 0.15) is 6.04 Å². The zero-order valence-corrected chi connectivity index (χ0v) is 20.7. The summed E-state index contributed by atoms with van der Waals surface area (Å²) in [7, 11) is 0. The van der Waals surface area contributed by atoms with Crippen molar-refractivity contribution >= 4 is 23.6 Å². The van der Waals surface area contributed by atoms with E-state index in [9.17, 15) is 19.5 Å². The van der Waals surface area contributed by atoms with Crippen molar-refractivity contribution < 1.29 is 34.5 Å². The molecule has 3 saturated carbocycles. The summed E-state index contributed by atoms with van der Waals surface area (Å²) in [5.41, 5.74) is 2.40. The second-order valence-electron chi connectivity index (χ2n) is 11.4. The van der Waals surface area contributed by atoms with Gasteiger partial charge in [-0.15, -0.1) is 0 Å². The molecule has 1 amide bonds. The normalized spacial score (nSPS) is 37.9. The van der Waals surface area contributed by atoms with E-state index in [1.807, 2.05) is 0 Å². The minimum Gasteiger partial charge on any atom is -0.481 e. The van der Waals surface area contributed by atoms with Gasteiger partial charge in [-0.25, -0.2) is 4.79 Å². The number of aliphatic hydroxyl groups excluding tert-OH is 1. The molecule has 4 N–H and O–H groups in total. The van der Waals surface area contributed by atoms with Crippen LogP contribution in [0, 0.1) is 28.6 Å². The molecule has 9 heteroatoms. The molecule has 4 aliphatic rings. The molecule has 4 aliphatic carbocycles. The highest BCUT2D eigenvalue weighted by atomic mass is 16.6. The average molecular weight is 491 g/mol. The molecule has 0 spiro atoms. The zero-order valence-electron chi connectivity index (χ0n) is 20.7. The second-order valence-corrected chi connectivity index (χ2v) is 11.4. The summed E-state index contributed by atoms with van der Waals surface area (Å²) >= 11 is 0. The molecule has 4 rings (SSSR count). The quantitative estimate of drug-likeness (QED) is 0.382. The lowest BCUT2D eigenvalue weighted by atomic mass is 9.47. The van der Waals surface area contributed by atoms with Gasteiger partial charge in [0.25, 0.3) is 5.91 Å². The zero-order chi connectivity index (χ0) is 25.4. The van der Waals surface area contributed by atoms with Crippen molar-refractivity contribution in [3.63, 3.8) is 0 Å². The van der Waals surface area contributed by atoms with Crippen molar-refractivity contribution in [2.75, 3.05) is 6.61 Å². The van der Waals surface area contributed by atoms with Gasteiger partial charge < -0.3 is 25.5 Å². The smallest absolute Gasteiger partial charge is 0.326 e. The fourth-order valence-electron chi connectivity index (χ4n) is 7.55. The number of aliphatic carboxylic acids is 2. The second kappa shape index (κ2) is 9.91. The Bertz CT molecular complexity index is 931. The molecule has 7 atom stereocenters. The maximum atomic E-state index is 12.1. The number of carbonyl (C=O) groups is 3. The minimum atomic E-state index is -1.28. The Hall–Kier alpha value is -2.42. The van der Waals surface area contributed by atoms with Gasteiger partial charge >= 0.3 is 11.9 Å². The largest absolute Gasteiger partial charge is 0.481 e. The maximum Gasteiger partial charge on any atom is 0.326 e. The summed E-state index contributed by atoms with van der Waals surface area (Å²) in [5, 5.41) is 35.0. The van der Waals surface area contributed by atoms with Gasteiger partial charge in [-0.05, 0) is 92.4 Å². The summed E-state index contributed by atoms with van der Waals surface area (Å²) in [6.45, 7) is 4.26. The van der Waals surface area contributed by atoms with Crippen molar-refractivity contribution in [1.29, 1.82) is 0 Å². The van der Waals surface area contributed by atoms with E-state index in [-0.39, 0.29) is 29.8 Å². The van der Waals surface area contributed by atoms with Crippen LogP contribution in [0.5, 0.6) is 0 Å². The molecule has 9 nitrogen and oxygen atoms in total.